The van der Waals surface area contributed by atoms with Gasteiger partial charge in [-0.2, -0.15) is 0 Å². The summed E-state index contributed by atoms with van der Waals surface area (Å²) in [6, 6.07) is 6.48. The molecule has 0 fully saturated rings. The summed E-state index contributed by atoms with van der Waals surface area (Å²) < 4.78 is 1.26. The van der Waals surface area contributed by atoms with Gasteiger partial charge in [-0.3, -0.25) is 0 Å². The third kappa shape index (κ3) is 1.79. The van der Waals surface area contributed by atoms with Gasteiger partial charge in [0.15, 0.2) is 0 Å². The molecule has 2 aromatic rings. The Labute approximate surface area is 87.8 Å². The molecule has 0 saturated heterocycles. The first-order valence-electron chi connectivity index (χ1n) is 4.77. The van der Waals surface area contributed by atoms with Gasteiger partial charge >= 0.3 is 0 Å². The number of fused-ring (bicyclic) bond motifs is 1. The Hall–Kier alpha value is -0.930. The molecule has 0 bridgehead atoms. The molecule has 0 aliphatic carbocycles. The third-order valence-corrected chi connectivity index (χ3v) is 3.20. The van der Waals surface area contributed by atoms with Gasteiger partial charge in [-0.25, -0.2) is 4.98 Å². The summed E-state index contributed by atoms with van der Waals surface area (Å²) in [6.45, 7) is 4.11. The lowest BCUT2D eigenvalue weighted by molar-refractivity contribution is 0.735. The van der Waals surface area contributed by atoms with Crippen molar-refractivity contribution in [1.29, 1.82) is 0 Å². The Kier molecular flexibility index (Phi) is 2.52. The molecule has 3 heteroatoms. The van der Waals surface area contributed by atoms with E-state index in [4.69, 9.17) is 5.73 Å². The normalized spacial score (nSPS) is 13.4. The average molecular weight is 206 g/mol. The monoisotopic (exact) mass is 206 g/mol. The van der Waals surface area contributed by atoms with Gasteiger partial charge in [0.25, 0.3) is 0 Å². The molecule has 2 N–H and O–H groups in total. The van der Waals surface area contributed by atoms with Crippen LogP contribution in [0.1, 0.15) is 17.5 Å². The number of nitrogens with zero attached hydrogens (tertiary/aromatic N) is 1. The van der Waals surface area contributed by atoms with E-state index in [0.717, 1.165) is 16.9 Å². The molecule has 1 aromatic carbocycles. The minimum absolute atomic E-state index is 0.191. The van der Waals surface area contributed by atoms with Crippen molar-refractivity contribution < 1.29 is 0 Å². The largest absolute Gasteiger partial charge is 0.328 e. The first kappa shape index (κ1) is 9.62. The number of thiazole rings is 1. The first-order chi connectivity index (χ1) is 6.66. The standard InChI is InChI=1S/C11H14N2S/c1-7-4-3-5-9-11(7)13-10(14-9)6-8(2)12/h3-5,8H,6,12H2,1-2H3. The molecule has 1 aromatic heterocycles. The fraction of sp³-hybridized carbons (Fsp3) is 0.364. The number of hydrogen-bond acceptors (Lipinski definition) is 3. The maximum absolute atomic E-state index is 5.75. The Morgan fingerprint density at radius 2 is 2.29 bits per heavy atom. The van der Waals surface area contributed by atoms with Crippen LogP contribution in [0.15, 0.2) is 18.2 Å². The van der Waals surface area contributed by atoms with E-state index in [9.17, 15) is 0 Å². The van der Waals surface area contributed by atoms with Gasteiger partial charge in [0.1, 0.15) is 0 Å². The molecule has 0 saturated carbocycles. The second-order valence-electron chi connectivity index (χ2n) is 3.71. The van der Waals surface area contributed by atoms with E-state index in [0.29, 0.717) is 0 Å². The zero-order chi connectivity index (χ0) is 10.1. The van der Waals surface area contributed by atoms with Gasteiger partial charge in [0, 0.05) is 12.5 Å². The van der Waals surface area contributed by atoms with Gasteiger partial charge < -0.3 is 5.73 Å². The smallest absolute Gasteiger partial charge is 0.0954 e. The number of hydrogen-bond donors (Lipinski definition) is 1. The zero-order valence-corrected chi connectivity index (χ0v) is 9.27. The highest BCUT2D eigenvalue weighted by atomic mass is 32.1. The maximum Gasteiger partial charge on any atom is 0.0954 e. The molecule has 2 rings (SSSR count). The number of benzene rings is 1. The second kappa shape index (κ2) is 3.67. The fourth-order valence-corrected chi connectivity index (χ4v) is 2.68. The number of nitrogens with two attached hydrogens (primary N) is 1. The van der Waals surface area contributed by atoms with Gasteiger partial charge in [-0.05, 0) is 25.5 Å². The summed E-state index contributed by atoms with van der Waals surface area (Å²) in [5.41, 5.74) is 8.13. The van der Waals surface area contributed by atoms with Crippen LogP contribution in [-0.4, -0.2) is 11.0 Å². The SMILES string of the molecule is Cc1cccc2sc(CC(C)N)nc12. The van der Waals surface area contributed by atoms with Gasteiger partial charge in [-0.1, -0.05) is 12.1 Å². The quantitative estimate of drug-likeness (QED) is 0.820. The van der Waals surface area contributed by atoms with E-state index in [1.807, 2.05) is 6.92 Å². The minimum Gasteiger partial charge on any atom is -0.328 e. The van der Waals surface area contributed by atoms with Crippen molar-refractivity contribution in [2.45, 2.75) is 26.3 Å². The predicted octanol–water partition coefficient (Wildman–Crippen LogP) is 2.49. The Bertz CT molecular complexity index is 445. The summed E-state index contributed by atoms with van der Waals surface area (Å²) in [5, 5.41) is 1.14. The van der Waals surface area contributed by atoms with Crippen molar-refractivity contribution in [1.82, 2.24) is 4.98 Å². The molecular formula is C11H14N2S. The summed E-state index contributed by atoms with van der Waals surface area (Å²) in [4.78, 5) is 4.59. The highest BCUT2D eigenvalue weighted by Gasteiger charge is 2.06. The molecule has 0 aliphatic rings. The topological polar surface area (TPSA) is 38.9 Å². The molecular weight excluding hydrogens is 192 g/mol. The molecule has 2 nitrogen and oxygen atoms in total. The van der Waals surface area contributed by atoms with Crippen molar-refractivity contribution in [2.24, 2.45) is 5.73 Å². The zero-order valence-electron chi connectivity index (χ0n) is 8.45. The fourth-order valence-electron chi connectivity index (χ4n) is 1.49. The number of aromatic nitrogens is 1. The van der Waals surface area contributed by atoms with Crippen LogP contribution in [0.2, 0.25) is 0 Å². The van der Waals surface area contributed by atoms with E-state index in [-0.39, 0.29) is 6.04 Å². The van der Waals surface area contributed by atoms with Crippen molar-refractivity contribution >= 4 is 21.6 Å². The number of aryl methyl sites for hydroxylation is 1. The lowest BCUT2D eigenvalue weighted by Gasteiger charge is -1.98. The molecule has 0 spiro atoms. The predicted molar refractivity (Wildman–Crippen MR) is 61.7 cm³/mol. The lowest BCUT2D eigenvalue weighted by atomic mass is 10.2. The van der Waals surface area contributed by atoms with Crippen molar-refractivity contribution in [3.05, 3.63) is 28.8 Å². The van der Waals surface area contributed by atoms with E-state index >= 15 is 0 Å². The lowest BCUT2D eigenvalue weighted by Crippen LogP contribution is -2.17. The highest BCUT2D eigenvalue weighted by molar-refractivity contribution is 7.18. The molecule has 1 heterocycles. The second-order valence-corrected chi connectivity index (χ2v) is 4.83. The summed E-state index contributed by atoms with van der Waals surface area (Å²) in [6.07, 6.45) is 0.874. The van der Waals surface area contributed by atoms with Crippen LogP contribution in [0.4, 0.5) is 0 Å². The minimum atomic E-state index is 0.191. The number of para-hydroxylation sites is 1. The average Bonchev–Trinajstić information content (AvgIpc) is 2.47. The van der Waals surface area contributed by atoms with E-state index in [1.165, 1.54) is 10.3 Å². The van der Waals surface area contributed by atoms with E-state index in [1.54, 1.807) is 11.3 Å². The Morgan fingerprint density at radius 1 is 1.50 bits per heavy atom. The molecule has 14 heavy (non-hydrogen) atoms. The van der Waals surface area contributed by atoms with E-state index < -0.39 is 0 Å². The third-order valence-electron chi connectivity index (χ3n) is 2.16. The van der Waals surface area contributed by atoms with Gasteiger partial charge in [0.05, 0.1) is 15.2 Å². The molecule has 0 aliphatic heterocycles. The summed E-state index contributed by atoms with van der Waals surface area (Å²) >= 11 is 1.75. The number of rotatable bonds is 2. The van der Waals surface area contributed by atoms with Crippen LogP contribution in [0.25, 0.3) is 10.2 Å². The van der Waals surface area contributed by atoms with Crippen LogP contribution in [0.3, 0.4) is 0 Å². The van der Waals surface area contributed by atoms with Gasteiger partial charge in [-0.15, -0.1) is 11.3 Å². The molecule has 0 amide bonds. The highest BCUT2D eigenvalue weighted by Crippen LogP contribution is 2.24. The van der Waals surface area contributed by atoms with Gasteiger partial charge in [0.2, 0.25) is 0 Å². The first-order valence-corrected chi connectivity index (χ1v) is 5.59. The Balaban J connectivity index is 2.46. The molecule has 0 radical (unpaired) electrons. The van der Waals surface area contributed by atoms with E-state index in [2.05, 4.69) is 30.1 Å². The van der Waals surface area contributed by atoms with Crippen LogP contribution in [0, 0.1) is 6.92 Å². The van der Waals surface area contributed by atoms with Crippen molar-refractivity contribution in [3.8, 4) is 0 Å². The molecule has 74 valence electrons. The van der Waals surface area contributed by atoms with Crippen LogP contribution >= 0.6 is 11.3 Å². The van der Waals surface area contributed by atoms with Crippen molar-refractivity contribution in [3.63, 3.8) is 0 Å². The maximum atomic E-state index is 5.75. The van der Waals surface area contributed by atoms with Crippen LogP contribution in [0.5, 0.6) is 0 Å². The summed E-state index contributed by atoms with van der Waals surface area (Å²) in [7, 11) is 0. The Morgan fingerprint density at radius 3 is 2.93 bits per heavy atom. The molecule has 1 unspecified atom stereocenters. The summed E-state index contributed by atoms with van der Waals surface area (Å²) in [5.74, 6) is 0. The van der Waals surface area contributed by atoms with Crippen molar-refractivity contribution in [2.75, 3.05) is 0 Å². The molecule has 1 atom stereocenters. The van der Waals surface area contributed by atoms with Crippen LogP contribution < -0.4 is 5.73 Å². The van der Waals surface area contributed by atoms with Crippen LogP contribution in [-0.2, 0) is 6.42 Å².